The van der Waals surface area contributed by atoms with E-state index in [0.717, 1.165) is 18.7 Å². The van der Waals surface area contributed by atoms with Crippen LogP contribution in [0.15, 0.2) is 24.3 Å². The Labute approximate surface area is 128 Å². The molecule has 0 saturated heterocycles. The van der Waals surface area contributed by atoms with E-state index in [0.29, 0.717) is 27.6 Å². The van der Waals surface area contributed by atoms with Crippen LogP contribution in [0.4, 0.5) is 5.95 Å². The number of hydrogen-bond acceptors (Lipinski definition) is 4. The Morgan fingerprint density at radius 3 is 2.75 bits per heavy atom. The Morgan fingerprint density at radius 2 is 2.00 bits per heavy atom. The van der Waals surface area contributed by atoms with Gasteiger partial charge in [-0.05, 0) is 25.5 Å². The molecule has 0 radical (unpaired) electrons. The first-order valence-electron chi connectivity index (χ1n) is 6.31. The summed E-state index contributed by atoms with van der Waals surface area (Å²) in [6.45, 7) is 4.76. The van der Waals surface area contributed by atoms with Crippen molar-refractivity contribution in [2.45, 2.75) is 20.3 Å². The second kappa shape index (κ2) is 6.77. The van der Waals surface area contributed by atoms with Gasteiger partial charge in [0.15, 0.2) is 0 Å². The van der Waals surface area contributed by atoms with Gasteiger partial charge in [-0.25, -0.2) is 4.98 Å². The Hall–Kier alpha value is -1.52. The van der Waals surface area contributed by atoms with Crippen molar-refractivity contribution in [1.29, 1.82) is 0 Å². The Bertz CT molecular complexity index is 605. The normalized spacial score (nSPS) is 10.4. The van der Waals surface area contributed by atoms with Crippen molar-refractivity contribution in [2.75, 3.05) is 11.9 Å². The molecule has 0 aliphatic heterocycles. The van der Waals surface area contributed by atoms with Crippen LogP contribution < -0.4 is 10.1 Å². The first-order valence-corrected chi connectivity index (χ1v) is 7.06. The Morgan fingerprint density at radius 1 is 1.20 bits per heavy atom. The second-order valence-electron chi connectivity index (χ2n) is 4.27. The first-order chi connectivity index (χ1) is 9.58. The average Bonchev–Trinajstić information content (AvgIpc) is 2.40. The zero-order chi connectivity index (χ0) is 14.5. The summed E-state index contributed by atoms with van der Waals surface area (Å²) in [6, 6.07) is 6.79. The highest BCUT2D eigenvalue weighted by atomic mass is 35.5. The lowest BCUT2D eigenvalue weighted by atomic mass is 10.3. The number of nitrogens with one attached hydrogen (secondary N) is 1. The molecule has 0 spiro atoms. The second-order valence-corrected chi connectivity index (χ2v) is 5.12. The van der Waals surface area contributed by atoms with E-state index in [1.165, 1.54) is 0 Å². The van der Waals surface area contributed by atoms with E-state index in [2.05, 4.69) is 22.2 Å². The molecule has 2 aromatic rings. The van der Waals surface area contributed by atoms with Crippen molar-refractivity contribution < 1.29 is 4.74 Å². The molecule has 1 N–H and O–H groups in total. The number of halogens is 2. The standard InChI is InChI=1S/C14H15Cl2N3O/c1-3-6-17-14-18-9(2)7-13(19-14)20-12-8-10(15)4-5-11(12)16/h4-5,7-8H,3,6H2,1-2H3,(H,17,18,19). The fourth-order valence-corrected chi connectivity index (χ4v) is 1.89. The van der Waals surface area contributed by atoms with Gasteiger partial charge in [0, 0.05) is 29.4 Å². The molecule has 0 atom stereocenters. The van der Waals surface area contributed by atoms with Crippen molar-refractivity contribution in [1.82, 2.24) is 9.97 Å². The number of aryl methyl sites for hydroxylation is 1. The summed E-state index contributed by atoms with van der Waals surface area (Å²) in [7, 11) is 0. The van der Waals surface area contributed by atoms with Gasteiger partial charge in [0.2, 0.25) is 11.8 Å². The molecule has 1 heterocycles. The lowest BCUT2D eigenvalue weighted by Crippen LogP contribution is -2.05. The molecule has 0 amide bonds. The van der Waals surface area contributed by atoms with E-state index in [-0.39, 0.29) is 0 Å². The number of nitrogens with zero attached hydrogens (tertiary/aromatic N) is 2. The summed E-state index contributed by atoms with van der Waals surface area (Å²) in [5.74, 6) is 1.44. The first kappa shape index (κ1) is 14.9. The van der Waals surface area contributed by atoms with Gasteiger partial charge >= 0.3 is 0 Å². The number of hydrogen-bond donors (Lipinski definition) is 1. The molecule has 4 nitrogen and oxygen atoms in total. The molecule has 0 aliphatic rings. The van der Waals surface area contributed by atoms with Gasteiger partial charge in [0.1, 0.15) is 5.75 Å². The third kappa shape index (κ3) is 3.99. The van der Waals surface area contributed by atoms with Crippen molar-refractivity contribution in [3.63, 3.8) is 0 Å². The quantitative estimate of drug-likeness (QED) is 0.869. The topological polar surface area (TPSA) is 47.0 Å². The minimum Gasteiger partial charge on any atom is -0.437 e. The van der Waals surface area contributed by atoms with E-state index in [4.69, 9.17) is 27.9 Å². The number of benzene rings is 1. The smallest absolute Gasteiger partial charge is 0.226 e. The highest BCUT2D eigenvalue weighted by Gasteiger charge is 2.08. The van der Waals surface area contributed by atoms with Crippen molar-refractivity contribution in [3.05, 3.63) is 40.0 Å². The summed E-state index contributed by atoms with van der Waals surface area (Å²) in [5.41, 5.74) is 0.812. The van der Waals surface area contributed by atoms with Gasteiger partial charge in [-0.15, -0.1) is 0 Å². The van der Waals surface area contributed by atoms with Crippen LogP contribution in [0.25, 0.3) is 0 Å². The van der Waals surface area contributed by atoms with Crippen LogP contribution in [-0.4, -0.2) is 16.5 Å². The van der Waals surface area contributed by atoms with E-state index < -0.39 is 0 Å². The van der Waals surface area contributed by atoms with E-state index in [9.17, 15) is 0 Å². The number of anilines is 1. The third-order valence-corrected chi connectivity index (χ3v) is 3.02. The van der Waals surface area contributed by atoms with Crippen LogP contribution in [0.1, 0.15) is 19.0 Å². The summed E-state index contributed by atoms with van der Waals surface area (Å²) in [5, 5.41) is 4.16. The molecule has 0 unspecified atom stereocenters. The van der Waals surface area contributed by atoms with Gasteiger partial charge in [0.25, 0.3) is 0 Å². The summed E-state index contributed by atoms with van der Waals surface area (Å²) in [4.78, 5) is 8.58. The number of aromatic nitrogens is 2. The minimum atomic E-state index is 0.431. The maximum absolute atomic E-state index is 6.07. The maximum atomic E-state index is 6.07. The highest BCUT2D eigenvalue weighted by Crippen LogP contribution is 2.31. The SMILES string of the molecule is CCCNc1nc(C)cc(Oc2cc(Cl)ccc2Cl)n1. The van der Waals surface area contributed by atoms with Crippen LogP contribution in [0.3, 0.4) is 0 Å². The zero-order valence-corrected chi connectivity index (χ0v) is 12.8. The van der Waals surface area contributed by atoms with Gasteiger partial charge < -0.3 is 10.1 Å². The summed E-state index contributed by atoms with van der Waals surface area (Å²) < 4.78 is 5.68. The van der Waals surface area contributed by atoms with Gasteiger partial charge in [-0.2, -0.15) is 4.98 Å². The van der Waals surface area contributed by atoms with Crippen molar-refractivity contribution in [2.24, 2.45) is 0 Å². The molecule has 106 valence electrons. The predicted molar refractivity (Wildman–Crippen MR) is 82.1 cm³/mol. The van der Waals surface area contributed by atoms with Crippen molar-refractivity contribution >= 4 is 29.2 Å². The largest absolute Gasteiger partial charge is 0.437 e. The molecule has 20 heavy (non-hydrogen) atoms. The molecular formula is C14H15Cl2N3O. The van der Waals surface area contributed by atoms with E-state index in [1.54, 1.807) is 24.3 Å². The van der Waals surface area contributed by atoms with Crippen LogP contribution >= 0.6 is 23.2 Å². The van der Waals surface area contributed by atoms with Crippen LogP contribution in [-0.2, 0) is 0 Å². The van der Waals surface area contributed by atoms with Gasteiger partial charge in [0.05, 0.1) is 5.02 Å². The van der Waals surface area contributed by atoms with Crippen molar-refractivity contribution in [3.8, 4) is 11.6 Å². The van der Waals surface area contributed by atoms with Crippen LogP contribution in [0.2, 0.25) is 10.0 Å². The molecule has 6 heteroatoms. The van der Waals surface area contributed by atoms with Gasteiger partial charge in [-0.3, -0.25) is 0 Å². The summed E-state index contributed by atoms with van der Waals surface area (Å²) in [6.07, 6.45) is 0.994. The van der Waals surface area contributed by atoms with E-state index in [1.807, 2.05) is 6.92 Å². The predicted octanol–water partition coefficient (Wildman–Crippen LogP) is 4.71. The van der Waals surface area contributed by atoms with E-state index >= 15 is 0 Å². The zero-order valence-electron chi connectivity index (χ0n) is 11.3. The third-order valence-electron chi connectivity index (χ3n) is 2.47. The average molecular weight is 312 g/mol. The molecule has 0 bridgehead atoms. The maximum Gasteiger partial charge on any atom is 0.226 e. The molecule has 1 aromatic heterocycles. The molecule has 0 saturated carbocycles. The van der Waals surface area contributed by atoms with Crippen LogP contribution in [0, 0.1) is 6.92 Å². The monoisotopic (exact) mass is 311 g/mol. The molecular weight excluding hydrogens is 297 g/mol. The lowest BCUT2D eigenvalue weighted by Gasteiger charge is -2.10. The Kier molecular flexibility index (Phi) is 5.04. The summed E-state index contributed by atoms with van der Waals surface area (Å²) >= 11 is 12.0. The highest BCUT2D eigenvalue weighted by molar-refractivity contribution is 6.34. The molecule has 1 aromatic carbocycles. The molecule has 0 aliphatic carbocycles. The number of rotatable bonds is 5. The molecule has 2 rings (SSSR count). The molecule has 0 fully saturated rings. The Balaban J connectivity index is 2.24. The fourth-order valence-electron chi connectivity index (χ4n) is 1.58. The lowest BCUT2D eigenvalue weighted by molar-refractivity contribution is 0.462. The number of ether oxygens (including phenoxy) is 1. The van der Waals surface area contributed by atoms with Gasteiger partial charge in [-0.1, -0.05) is 30.1 Å². The minimum absolute atomic E-state index is 0.431. The van der Waals surface area contributed by atoms with Crippen LogP contribution in [0.5, 0.6) is 11.6 Å². The fraction of sp³-hybridized carbons (Fsp3) is 0.286.